The van der Waals surface area contributed by atoms with Crippen LogP contribution in [0, 0.1) is 11.8 Å². The Kier molecular flexibility index (Phi) is 4.13. The average molecular weight is 261 g/mol. The Morgan fingerprint density at radius 3 is 2.37 bits per heavy atom. The van der Waals surface area contributed by atoms with Crippen molar-refractivity contribution in [2.75, 3.05) is 11.9 Å². The van der Waals surface area contributed by atoms with Gasteiger partial charge in [0.2, 0.25) is 0 Å². The van der Waals surface area contributed by atoms with E-state index in [4.69, 9.17) is 5.11 Å². The smallest absolute Gasteiger partial charge is 0.306 e. The molecule has 3 heteroatoms. The van der Waals surface area contributed by atoms with Gasteiger partial charge in [-0.15, -0.1) is 0 Å². The lowest BCUT2D eigenvalue weighted by Crippen LogP contribution is -2.45. The second-order valence-electron chi connectivity index (χ2n) is 6.04. The van der Waals surface area contributed by atoms with Gasteiger partial charge in [0, 0.05) is 18.8 Å². The van der Waals surface area contributed by atoms with Crippen molar-refractivity contribution in [1.29, 1.82) is 0 Å². The molecule has 0 atom stereocenters. The number of carboxylic acids is 1. The Hall–Kier alpha value is -1.51. The van der Waals surface area contributed by atoms with Gasteiger partial charge in [0.1, 0.15) is 0 Å². The first-order valence-electron chi connectivity index (χ1n) is 7.02. The highest BCUT2D eigenvalue weighted by molar-refractivity contribution is 5.71. The molecule has 1 aliphatic rings. The molecule has 0 radical (unpaired) electrons. The minimum absolute atomic E-state index is 0.146. The number of benzene rings is 1. The van der Waals surface area contributed by atoms with Crippen LogP contribution in [0.25, 0.3) is 0 Å². The summed E-state index contributed by atoms with van der Waals surface area (Å²) in [4.78, 5) is 13.0. The van der Waals surface area contributed by atoms with E-state index < -0.39 is 5.97 Å². The molecule has 1 aromatic rings. The van der Waals surface area contributed by atoms with Crippen LogP contribution in [0.15, 0.2) is 24.3 Å². The van der Waals surface area contributed by atoms with Crippen LogP contribution in [0.2, 0.25) is 0 Å². The molecule has 19 heavy (non-hydrogen) atoms. The zero-order valence-corrected chi connectivity index (χ0v) is 12.0. The van der Waals surface area contributed by atoms with Crippen molar-refractivity contribution in [3.63, 3.8) is 0 Å². The summed E-state index contributed by atoms with van der Waals surface area (Å²) in [7, 11) is 2.06. The molecule has 1 saturated carbocycles. The van der Waals surface area contributed by atoms with Gasteiger partial charge in [0.05, 0.1) is 5.92 Å². The highest BCUT2D eigenvalue weighted by Crippen LogP contribution is 2.33. The predicted octanol–water partition coefficient (Wildman–Crippen LogP) is 3.18. The molecular weight excluding hydrogens is 238 g/mol. The topological polar surface area (TPSA) is 40.5 Å². The van der Waals surface area contributed by atoms with Gasteiger partial charge in [0.15, 0.2) is 0 Å². The van der Waals surface area contributed by atoms with E-state index in [-0.39, 0.29) is 5.92 Å². The van der Waals surface area contributed by atoms with Crippen LogP contribution in [0.5, 0.6) is 0 Å². The summed E-state index contributed by atoms with van der Waals surface area (Å²) in [6.45, 7) is 4.45. The fraction of sp³-hybridized carbons (Fsp3) is 0.562. The Morgan fingerprint density at radius 2 is 1.89 bits per heavy atom. The maximum absolute atomic E-state index is 10.8. The number of carboxylic acid groups (broad SMARTS) is 1. The fourth-order valence-electron chi connectivity index (χ4n) is 2.66. The molecule has 1 fully saturated rings. The second-order valence-corrected chi connectivity index (χ2v) is 6.04. The van der Waals surface area contributed by atoms with Gasteiger partial charge < -0.3 is 10.0 Å². The summed E-state index contributed by atoms with van der Waals surface area (Å²) in [6.07, 6.45) is 2.63. The summed E-state index contributed by atoms with van der Waals surface area (Å²) in [5, 5.41) is 8.91. The summed E-state index contributed by atoms with van der Waals surface area (Å²) >= 11 is 0. The minimum atomic E-state index is -0.656. The molecular formula is C16H23NO2. The fourth-order valence-corrected chi connectivity index (χ4v) is 2.66. The zero-order chi connectivity index (χ0) is 14.0. The lowest BCUT2D eigenvalue weighted by atomic mass is 9.79. The van der Waals surface area contributed by atoms with Gasteiger partial charge in [-0.05, 0) is 42.9 Å². The summed E-state index contributed by atoms with van der Waals surface area (Å²) < 4.78 is 0. The van der Waals surface area contributed by atoms with Crippen molar-refractivity contribution in [2.45, 2.75) is 39.2 Å². The van der Waals surface area contributed by atoms with Crippen LogP contribution in [-0.4, -0.2) is 24.2 Å². The summed E-state index contributed by atoms with van der Waals surface area (Å²) in [5.41, 5.74) is 2.55. The van der Waals surface area contributed by atoms with Gasteiger partial charge in [0.25, 0.3) is 0 Å². The van der Waals surface area contributed by atoms with Gasteiger partial charge in [-0.3, -0.25) is 4.79 Å². The summed E-state index contributed by atoms with van der Waals surface area (Å²) in [6, 6.07) is 9.02. The first kappa shape index (κ1) is 13.9. The first-order valence-corrected chi connectivity index (χ1v) is 7.02. The highest BCUT2D eigenvalue weighted by Gasteiger charge is 2.36. The van der Waals surface area contributed by atoms with Gasteiger partial charge >= 0.3 is 5.97 Å². The van der Waals surface area contributed by atoms with E-state index in [9.17, 15) is 4.79 Å². The Morgan fingerprint density at radius 1 is 1.32 bits per heavy atom. The second kappa shape index (κ2) is 5.64. The van der Waals surface area contributed by atoms with Crippen LogP contribution in [0.3, 0.4) is 0 Å². The molecule has 3 nitrogen and oxygen atoms in total. The molecule has 1 N–H and O–H groups in total. The number of anilines is 1. The standard InChI is InChI=1S/C16H23NO2/c1-11(2)8-12-4-6-14(7-5-12)17(3)15-9-13(10-15)16(18)19/h4-7,11,13,15H,8-10H2,1-3H3,(H,18,19). The zero-order valence-electron chi connectivity index (χ0n) is 12.0. The van der Waals surface area contributed by atoms with Gasteiger partial charge in [-0.1, -0.05) is 26.0 Å². The molecule has 1 aliphatic carbocycles. The molecule has 0 unspecified atom stereocenters. The molecule has 0 heterocycles. The van der Waals surface area contributed by atoms with Crippen LogP contribution in [0.4, 0.5) is 5.69 Å². The molecule has 0 spiro atoms. The Balaban J connectivity index is 1.93. The average Bonchev–Trinajstić information content (AvgIpc) is 2.26. The number of hydrogen-bond donors (Lipinski definition) is 1. The van der Waals surface area contributed by atoms with E-state index >= 15 is 0 Å². The van der Waals surface area contributed by atoms with Crippen molar-refractivity contribution < 1.29 is 9.90 Å². The number of carbonyl (C=O) groups is 1. The van der Waals surface area contributed by atoms with E-state index in [1.807, 2.05) is 0 Å². The molecule has 0 aliphatic heterocycles. The monoisotopic (exact) mass is 261 g/mol. The third-order valence-corrected chi connectivity index (χ3v) is 4.00. The highest BCUT2D eigenvalue weighted by atomic mass is 16.4. The maximum Gasteiger partial charge on any atom is 0.306 e. The minimum Gasteiger partial charge on any atom is -0.481 e. The molecule has 0 bridgehead atoms. The lowest BCUT2D eigenvalue weighted by molar-refractivity contribution is -0.145. The Labute approximate surface area is 115 Å². The maximum atomic E-state index is 10.8. The van der Waals surface area contributed by atoms with E-state index in [1.165, 1.54) is 11.3 Å². The number of nitrogens with zero attached hydrogens (tertiary/aromatic N) is 1. The van der Waals surface area contributed by atoms with Crippen LogP contribution in [-0.2, 0) is 11.2 Å². The van der Waals surface area contributed by atoms with Crippen molar-refractivity contribution in [3.05, 3.63) is 29.8 Å². The molecule has 0 saturated heterocycles. The molecule has 2 rings (SSSR count). The normalized spacial score (nSPS) is 22.1. The van der Waals surface area contributed by atoms with Crippen LogP contribution >= 0.6 is 0 Å². The van der Waals surface area contributed by atoms with Gasteiger partial charge in [-0.25, -0.2) is 0 Å². The van der Waals surface area contributed by atoms with Gasteiger partial charge in [-0.2, -0.15) is 0 Å². The Bertz CT molecular complexity index is 433. The van der Waals surface area contributed by atoms with E-state index in [2.05, 4.69) is 50.1 Å². The predicted molar refractivity (Wildman–Crippen MR) is 77.5 cm³/mol. The number of hydrogen-bond acceptors (Lipinski definition) is 2. The third kappa shape index (κ3) is 3.28. The van der Waals surface area contributed by atoms with Crippen LogP contribution < -0.4 is 4.90 Å². The van der Waals surface area contributed by atoms with Crippen molar-refractivity contribution in [1.82, 2.24) is 0 Å². The van der Waals surface area contributed by atoms with Crippen molar-refractivity contribution in [3.8, 4) is 0 Å². The van der Waals surface area contributed by atoms with Crippen LogP contribution in [0.1, 0.15) is 32.3 Å². The number of aliphatic carboxylic acids is 1. The van der Waals surface area contributed by atoms with Crippen molar-refractivity contribution >= 4 is 11.7 Å². The molecule has 1 aromatic carbocycles. The summed E-state index contributed by atoms with van der Waals surface area (Å²) in [5.74, 6) is -0.129. The van der Waals surface area contributed by atoms with E-state index in [0.29, 0.717) is 12.0 Å². The van der Waals surface area contributed by atoms with Crippen molar-refractivity contribution in [2.24, 2.45) is 11.8 Å². The SMILES string of the molecule is CC(C)Cc1ccc(N(C)C2CC(C(=O)O)C2)cc1. The van der Waals surface area contributed by atoms with E-state index in [0.717, 1.165) is 19.3 Å². The first-order chi connectivity index (χ1) is 8.97. The molecule has 0 amide bonds. The lowest BCUT2D eigenvalue weighted by Gasteiger charge is -2.40. The number of rotatable bonds is 5. The third-order valence-electron chi connectivity index (χ3n) is 4.00. The molecule has 0 aromatic heterocycles. The molecule has 104 valence electrons. The quantitative estimate of drug-likeness (QED) is 0.885. The largest absolute Gasteiger partial charge is 0.481 e. The van der Waals surface area contributed by atoms with E-state index in [1.54, 1.807) is 0 Å².